The molecule has 0 radical (unpaired) electrons. The monoisotopic (exact) mass is 424 g/mol. The van der Waals surface area contributed by atoms with Crippen LogP contribution in [0.2, 0.25) is 0 Å². The van der Waals surface area contributed by atoms with Crippen molar-refractivity contribution in [3.8, 4) is 5.75 Å². The van der Waals surface area contributed by atoms with E-state index in [1.807, 2.05) is 0 Å². The Bertz CT molecular complexity index is 1100. The average molecular weight is 424 g/mol. The number of pyridine rings is 1. The van der Waals surface area contributed by atoms with Crippen molar-refractivity contribution in [2.75, 3.05) is 18.0 Å². The maximum absolute atomic E-state index is 13.2. The van der Waals surface area contributed by atoms with Gasteiger partial charge in [0.05, 0.1) is 23.9 Å². The molecule has 0 unspecified atom stereocenters. The number of aromatic nitrogens is 1. The Morgan fingerprint density at radius 1 is 1.10 bits per heavy atom. The van der Waals surface area contributed by atoms with Crippen LogP contribution < -0.4 is 14.5 Å². The summed E-state index contributed by atoms with van der Waals surface area (Å²) in [5, 5.41) is 3.86. The molecule has 0 spiro atoms. The van der Waals surface area contributed by atoms with Crippen molar-refractivity contribution in [1.29, 1.82) is 0 Å². The van der Waals surface area contributed by atoms with Gasteiger partial charge in [0.15, 0.2) is 0 Å². The van der Waals surface area contributed by atoms with Gasteiger partial charge in [-0.3, -0.25) is 14.1 Å². The second kappa shape index (κ2) is 9.66. The van der Waals surface area contributed by atoms with Gasteiger partial charge in [-0.1, -0.05) is 24.3 Å². The Morgan fingerprint density at radius 2 is 1.83 bits per heavy atom. The maximum atomic E-state index is 13.2. The third-order valence-electron chi connectivity index (χ3n) is 4.07. The third kappa shape index (κ3) is 5.21. The van der Waals surface area contributed by atoms with Crippen LogP contribution >= 0.6 is 0 Å². The normalized spacial score (nSPS) is 11.2. The number of sulfonamides is 1. The summed E-state index contributed by atoms with van der Waals surface area (Å²) in [6.45, 7) is -0.450. The van der Waals surface area contributed by atoms with Gasteiger partial charge in [0.25, 0.3) is 15.9 Å². The molecule has 3 rings (SSSR count). The standard InChI is InChI=1S/C21H20N4O4S/c1-29-19-11-9-18(10-12-19)25(30(27,28)20-7-3-2-4-8-20)16-21(26)24-23-15-17-6-5-13-22-14-17/h2-15H,16H2,1H3,(H,24,26). The van der Waals surface area contributed by atoms with E-state index in [9.17, 15) is 13.2 Å². The highest BCUT2D eigenvalue weighted by atomic mass is 32.2. The van der Waals surface area contributed by atoms with Gasteiger partial charge in [-0.05, 0) is 42.5 Å². The van der Waals surface area contributed by atoms with Gasteiger partial charge in [-0.15, -0.1) is 0 Å². The lowest BCUT2D eigenvalue weighted by molar-refractivity contribution is -0.119. The quantitative estimate of drug-likeness (QED) is 0.442. The summed E-state index contributed by atoms with van der Waals surface area (Å²) >= 11 is 0. The molecule has 0 aliphatic rings. The van der Waals surface area contributed by atoms with Gasteiger partial charge in [0.1, 0.15) is 12.3 Å². The van der Waals surface area contributed by atoms with E-state index in [1.165, 1.54) is 25.5 Å². The number of hydrogen-bond acceptors (Lipinski definition) is 6. The number of nitrogens with one attached hydrogen (secondary N) is 1. The first kappa shape index (κ1) is 21.0. The van der Waals surface area contributed by atoms with E-state index in [2.05, 4.69) is 15.5 Å². The van der Waals surface area contributed by atoms with Gasteiger partial charge in [0, 0.05) is 18.0 Å². The SMILES string of the molecule is COc1ccc(N(CC(=O)NN=Cc2cccnc2)S(=O)(=O)c2ccccc2)cc1. The number of methoxy groups -OCH3 is 1. The molecule has 9 heteroatoms. The highest BCUT2D eigenvalue weighted by Gasteiger charge is 2.27. The fraction of sp³-hybridized carbons (Fsp3) is 0.0952. The number of carbonyl (C=O) groups excluding carboxylic acids is 1. The first-order valence-electron chi connectivity index (χ1n) is 8.94. The zero-order valence-electron chi connectivity index (χ0n) is 16.2. The molecule has 1 N–H and O–H groups in total. The molecule has 1 amide bonds. The molecule has 154 valence electrons. The number of hydrogen-bond donors (Lipinski definition) is 1. The molecule has 1 aromatic heterocycles. The number of hydrazone groups is 1. The van der Waals surface area contributed by atoms with Crippen LogP contribution in [0.15, 0.2) is 89.1 Å². The molecule has 0 saturated heterocycles. The summed E-state index contributed by atoms with van der Waals surface area (Å²) in [5.74, 6) is -0.0215. The predicted octanol–water partition coefficient (Wildman–Crippen LogP) is 2.44. The number of nitrogens with zero attached hydrogens (tertiary/aromatic N) is 3. The van der Waals surface area contributed by atoms with Crippen LogP contribution in [0.5, 0.6) is 5.75 Å². The summed E-state index contributed by atoms with van der Waals surface area (Å²) in [6.07, 6.45) is 4.63. The highest BCUT2D eigenvalue weighted by Crippen LogP contribution is 2.25. The Morgan fingerprint density at radius 3 is 2.47 bits per heavy atom. The topological polar surface area (TPSA) is 101 Å². The van der Waals surface area contributed by atoms with Gasteiger partial charge >= 0.3 is 0 Å². The van der Waals surface area contributed by atoms with Crippen LogP contribution in [-0.4, -0.2) is 39.2 Å². The number of benzene rings is 2. The predicted molar refractivity (Wildman–Crippen MR) is 114 cm³/mol. The van der Waals surface area contributed by atoms with Crippen LogP contribution in [-0.2, 0) is 14.8 Å². The second-order valence-electron chi connectivity index (χ2n) is 6.10. The fourth-order valence-corrected chi connectivity index (χ4v) is 4.02. The number of rotatable bonds is 8. The second-order valence-corrected chi connectivity index (χ2v) is 7.96. The first-order valence-corrected chi connectivity index (χ1v) is 10.4. The van der Waals surface area contributed by atoms with Gasteiger partial charge < -0.3 is 4.74 Å². The van der Waals surface area contributed by atoms with E-state index in [-0.39, 0.29) is 4.90 Å². The number of ether oxygens (including phenoxy) is 1. The summed E-state index contributed by atoms with van der Waals surface area (Å²) in [5.41, 5.74) is 3.37. The maximum Gasteiger partial charge on any atom is 0.264 e. The smallest absolute Gasteiger partial charge is 0.264 e. The highest BCUT2D eigenvalue weighted by molar-refractivity contribution is 7.92. The van der Waals surface area contributed by atoms with Crippen molar-refractivity contribution < 1.29 is 17.9 Å². The molecule has 3 aromatic rings. The van der Waals surface area contributed by atoms with Gasteiger partial charge in [0.2, 0.25) is 0 Å². The molecule has 0 saturated carbocycles. The van der Waals surface area contributed by atoms with E-state index >= 15 is 0 Å². The van der Waals surface area contributed by atoms with Gasteiger partial charge in [-0.25, -0.2) is 13.8 Å². The molecule has 0 atom stereocenters. The van der Waals surface area contributed by atoms with Crippen molar-refractivity contribution in [3.05, 3.63) is 84.7 Å². The molecule has 30 heavy (non-hydrogen) atoms. The Balaban J connectivity index is 1.83. The van der Waals surface area contributed by atoms with Gasteiger partial charge in [-0.2, -0.15) is 5.10 Å². The molecule has 0 aliphatic carbocycles. The Hall–Kier alpha value is -3.72. The van der Waals surface area contributed by atoms with Crippen molar-refractivity contribution in [1.82, 2.24) is 10.4 Å². The van der Waals surface area contributed by atoms with E-state index in [4.69, 9.17) is 4.74 Å². The van der Waals surface area contributed by atoms with Crippen LogP contribution in [0.25, 0.3) is 0 Å². The summed E-state index contributed by atoms with van der Waals surface area (Å²) in [4.78, 5) is 16.5. The summed E-state index contributed by atoms with van der Waals surface area (Å²) in [7, 11) is -2.46. The van der Waals surface area contributed by atoms with E-state index in [1.54, 1.807) is 67.0 Å². The average Bonchev–Trinajstić information content (AvgIpc) is 2.79. The molecular formula is C21H20N4O4S. The van der Waals surface area contributed by atoms with E-state index < -0.39 is 22.5 Å². The molecule has 0 bridgehead atoms. The van der Waals surface area contributed by atoms with Crippen LogP contribution in [0.1, 0.15) is 5.56 Å². The minimum atomic E-state index is -3.98. The van der Waals surface area contributed by atoms with Crippen molar-refractivity contribution in [2.24, 2.45) is 5.10 Å². The third-order valence-corrected chi connectivity index (χ3v) is 5.85. The van der Waals surface area contributed by atoms with Crippen LogP contribution in [0.4, 0.5) is 5.69 Å². The zero-order valence-corrected chi connectivity index (χ0v) is 17.0. The summed E-state index contributed by atoms with van der Waals surface area (Å²) in [6, 6.07) is 17.8. The number of anilines is 1. The molecule has 0 fully saturated rings. The van der Waals surface area contributed by atoms with Crippen molar-refractivity contribution in [3.63, 3.8) is 0 Å². The molecule has 2 aromatic carbocycles. The van der Waals surface area contributed by atoms with Crippen LogP contribution in [0, 0.1) is 0 Å². The van der Waals surface area contributed by atoms with Crippen molar-refractivity contribution in [2.45, 2.75) is 4.90 Å². The minimum Gasteiger partial charge on any atom is -0.497 e. The minimum absolute atomic E-state index is 0.0764. The van der Waals surface area contributed by atoms with E-state index in [0.717, 1.165) is 4.31 Å². The zero-order chi connectivity index (χ0) is 21.4. The fourth-order valence-electron chi connectivity index (χ4n) is 2.58. The summed E-state index contributed by atoms with van der Waals surface area (Å²) < 4.78 is 32.5. The lowest BCUT2D eigenvalue weighted by atomic mass is 10.3. The van der Waals surface area contributed by atoms with E-state index in [0.29, 0.717) is 17.0 Å². The van der Waals surface area contributed by atoms with Crippen molar-refractivity contribution >= 4 is 27.8 Å². The largest absolute Gasteiger partial charge is 0.497 e. The van der Waals surface area contributed by atoms with Crippen LogP contribution in [0.3, 0.4) is 0 Å². The molecule has 1 heterocycles. The molecular weight excluding hydrogens is 404 g/mol. The lowest BCUT2D eigenvalue weighted by Crippen LogP contribution is -2.39. The number of carbonyl (C=O) groups is 1. The first-order chi connectivity index (χ1) is 14.5. The molecule has 0 aliphatic heterocycles. The Labute approximate surface area is 174 Å². The Kier molecular flexibility index (Phi) is 6.76. The lowest BCUT2D eigenvalue weighted by Gasteiger charge is -2.23. The number of amides is 1. The molecule has 8 nitrogen and oxygen atoms in total.